The first kappa shape index (κ1) is 8.30. The second-order valence-corrected chi connectivity index (χ2v) is 2.38. The lowest BCUT2D eigenvalue weighted by atomic mass is 10.1. The van der Waals surface area contributed by atoms with Crippen molar-refractivity contribution in [3.05, 3.63) is 11.6 Å². The van der Waals surface area contributed by atoms with Gasteiger partial charge in [-0.1, -0.05) is 32.3 Å². The smallest absolute Gasteiger partial charge is 0.00506 e. The van der Waals surface area contributed by atoms with Crippen LogP contribution in [0.15, 0.2) is 11.6 Å². The van der Waals surface area contributed by atoms with Gasteiger partial charge in [0.1, 0.15) is 0 Å². The van der Waals surface area contributed by atoms with Gasteiger partial charge in [-0.2, -0.15) is 0 Å². The van der Waals surface area contributed by atoms with Crippen LogP contribution in [0.3, 0.4) is 0 Å². The van der Waals surface area contributed by atoms with E-state index in [2.05, 4.69) is 25.8 Å². The molecular weight excluding hydrogens is 108 g/mol. The fraction of sp³-hybridized carbons (Fsp3) is 0.556. The topological polar surface area (TPSA) is 0 Å². The zero-order chi connectivity index (χ0) is 7.28. The molecule has 0 aromatic carbocycles. The molecule has 1 atom stereocenters. The summed E-state index contributed by atoms with van der Waals surface area (Å²) in [5.74, 6) is 3.22. The molecule has 0 aromatic rings. The number of hydrogen-bond acceptors (Lipinski definition) is 0. The van der Waals surface area contributed by atoms with Gasteiger partial charge in [0, 0.05) is 0 Å². The minimum absolute atomic E-state index is 0.626. The van der Waals surface area contributed by atoms with E-state index in [4.69, 9.17) is 6.42 Å². The third-order valence-electron chi connectivity index (χ3n) is 1.41. The first-order valence-corrected chi connectivity index (χ1v) is 3.35. The second kappa shape index (κ2) is 4.21. The summed E-state index contributed by atoms with van der Waals surface area (Å²) >= 11 is 0. The molecule has 0 spiro atoms. The second-order valence-electron chi connectivity index (χ2n) is 2.38. The molecule has 0 bridgehead atoms. The fourth-order valence-electron chi connectivity index (χ4n) is 0.593. The van der Waals surface area contributed by atoms with Crippen LogP contribution < -0.4 is 0 Å². The molecule has 0 amide bonds. The van der Waals surface area contributed by atoms with Gasteiger partial charge >= 0.3 is 0 Å². The third kappa shape index (κ3) is 3.85. The Labute approximate surface area is 58.0 Å². The van der Waals surface area contributed by atoms with Crippen LogP contribution >= 0.6 is 0 Å². The van der Waals surface area contributed by atoms with Gasteiger partial charge < -0.3 is 0 Å². The van der Waals surface area contributed by atoms with Gasteiger partial charge in [0.25, 0.3) is 0 Å². The third-order valence-corrected chi connectivity index (χ3v) is 1.41. The van der Waals surface area contributed by atoms with E-state index < -0.39 is 0 Å². The van der Waals surface area contributed by atoms with Crippen molar-refractivity contribution in [1.29, 1.82) is 0 Å². The number of hydrogen-bond donors (Lipinski definition) is 0. The Morgan fingerprint density at radius 3 is 2.67 bits per heavy atom. The van der Waals surface area contributed by atoms with Crippen molar-refractivity contribution in [2.75, 3.05) is 0 Å². The SMILES string of the molecule is C#C/C(C)=C\[C@@H](C)CC. The van der Waals surface area contributed by atoms with Crippen LogP contribution in [0.4, 0.5) is 0 Å². The Balaban J connectivity index is 3.83. The first-order chi connectivity index (χ1) is 4.20. The maximum atomic E-state index is 5.16. The van der Waals surface area contributed by atoms with Gasteiger partial charge in [-0.15, -0.1) is 6.42 Å². The standard InChI is InChI=1S/C9H14/c1-5-8(3)7-9(4)6-2/h1,7,9H,6H2,2-4H3/b8-7-/t9-/m0/s1. The van der Waals surface area contributed by atoms with Crippen LogP contribution in [0.1, 0.15) is 27.2 Å². The summed E-state index contributed by atoms with van der Waals surface area (Å²) < 4.78 is 0. The van der Waals surface area contributed by atoms with E-state index in [0.29, 0.717) is 5.92 Å². The lowest BCUT2D eigenvalue weighted by Crippen LogP contribution is -1.85. The molecule has 0 N–H and O–H groups in total. The molecule has 0 heteroatoms. The molecule has 50 valence electrons. The van der Waals surface area contributed by atoms with Gasteiger partial charge in [0.2, 0.25) is 0 Å². The Morgan fingerprint density at radius 2 is 2.33 bits per heavy atom. The molecule has 0 aliphatic carbocycles. The summed E-state index contributed by atoms with van der Waals surface area (Å²) in [7, 11) is 0. The van der Waals surface area contributed by atoms with Gasteiger partial charge in [-0.3, -0.25) is 0 Å². The van der Waals surface area contributed by atoms with Crippen LogP contribution in [-0.4, -0.2) is 0 Å². The zero-order valence-corrected chi connectivity index (χ0v) is 6.44. The average Bonchev–Trinajstić information content (AvgIpc) is 1.87. The summed E-state index contributed by atoms with van der Waals surface area (Å²) in [4.78, 5) is 0. The van der Waals surface area contributed by atoms with E-state index in [1.807, 2.05) is 6.92 Å². The van der Waals surface area contributed by atoms with Crippen molar-refractivity contribution < 1.29 is 0 Å². The summed E-state index contributed by atoms with van der Waals surface area (Å²) in [6, 6.07) is 0. The van der Waals surface area contributed by atoms with Gasteiger partial charge in [0.15, 0.2) is 0 Å². The molecule has 0 aliphatic rings. The molecule has 0 heterocycles. The van der Waals surface area contributed by atoms with Crippen molar-refractivity contribution in [3.63, 3.8) is 0 Å². The average molecular weight is 122 g/mol. The van der Waals surface area contributed by atoms with Crippen LogP contribution in [0, 0.1) is 18.3 Å². The Kier molecular flexibility index (Phi) is 3.88. The molecule has 0 rings (SSSR count). The van der Waals surface area contributed by atoms with Crippen LogP contribution in [0.5, 0.6) is 0 Å². The van der Waals surface area contributed by atoms with Gasteiger partial charge in [-0.25, -0.2) is 0 Å². The van der Waals surface area contributed by atoms with Crippen molar-refractivity contribution >= 4 is 0 Å². The van der Waals surface area contributed by atoms with E-state index in [-0.39, 0.29) is 0 Å². The highest BCUT2D eigenvalue weighted by molar-refractivity contribution is 5.22. The highest BCUT2D eigenvalue weighted by atomic mass is 14.0. The van der Waals surface area contributed by atoms with Crippen LogP contribution in [0.25, 0.3) is 0 Å². The molecule has 0 radical (unpaired) electrons. The Bertz CT molecular complexity index is 135. The number of rotatable bonds is 2. The first-order valence-electron chi connectivity index (χ1n) is 3.35. The highest BCUT2D eigenvalue weighted by Crippen LogP contribution is 2.04. The summed E-state index contributed by atoms with van der Waals surface area (Å²) in [5, 5.41) is 0. The van der Waals surface area contributed by atoms with Crippen molar-refractivity contribution in [3.8, 4) is 12.3 Å². The normalized spacial score (nSPS) is 14.7. The summed E-state index contributed by atoms with van der Waals surface area (Å²) in [6.07, 6.45) is 8.45. The fourth-order valence-corrected chi connectivity index (χ4v) is 0.593. The summed E-state index contributed by atoms with van der Waals surface area (Å²) in [5.41, 5.74) is 1.05. The van der Waals surface area contributed by atoms with Crippen LogP contribution in [0.2, 0.25) is 0 Å². The zero-order valence-electron chi connectivity index (χ0n) is 6.44. The Morgan fingerprint density at radius 1 is 1.78 bits per heavy atom. The van der Waals surface area contributed by atoms with Gasteiger partial charge in [-0.05, 0) is 18.4 Å². The van der Waals surface area contributed by atoms with Crippen molar-refractivity contribution in [2.24, 2.45) is 5.92 Å². The van der Waals surface area contributed by atoms with E-state index in [1.54, 1.807) is 0 Å². The molecule has 0 fully saturated rings. The molecule has 9 heavy (non-hydrogen) atoms. The maximum Gasteiger partial charge on any atom is -0.00506 e. The van der Waals surface area contributed by atoms with E-state index in [9.17, 15) is 0 Å². The van der Waals surface area contributed by atoms with Crippen molar-refractivity contribution in [1.82, 2.24) is 0 Å². The molecule has 0 saturated heterocycles. The van der Waals surface area contributed by atoms with E-state index >= 15 is 0 Å². The lowest BCUT2D eigenvalue weighted by molar-refractivity contribution is 0.695. The van der Waals surface area contributed by atoms with E-state index in [0.717, 1.165) is 5.57 Å². The number of terminal acetylenes is 1. The molecule has 0 unspecified atom stereocenters. The molecular formula is C9H14. The molecule has 0 aliphatic heterocycles. The minimum Gasteiger partial charge on any atom is -0.115 e. The predicted molar refractivity (Wildman–Crippen MR) is 42.0 cm³/mol. The molecule has 0 aromatic heterocycles. The van der Waals surface area contributed by atoms with E-state index in [1.165, 1.54) is 6.42 Å². The Hall–Kier alpha value is -0.700. The largest absolute Gasteiger partial charge is 0.115 e. The van der Waals surface area contributed by atoms with Gasteiger partial charge in [0.05, 0.1) is 0 Å². The molecule has 0 nitrogen and oxygen atoms in total. The minimum atomic E-state index is 0.626. The predicted octanol–water partition coefficient (Wildman–Crippen LogP) is 2.61. The lowest BCUT2D eigenvalue weighted by Gasteiger charge is -1.99. The molecule has 0 saturated carbocycles. The van der Waals surface area contributed by atoms with Crippen LogP contribution in [-0.2, 0) is 0 Å². The van der Waals surface area contributed by atoms with Crippen molar-refractivity contribution in [2.45, 2.75) is 27.2 Å². The summed E-state index contributed by atoms with van der Waals surface area (Å²) in [6.45, 7) is 6.29. The number of allylic oxidation sites excluding steroid dienone is 2. The highest BCUT2D eigenvalue weighted by Gasteiger charge is 1.91. The monoisotopic (exact) mass is 122 g/mol. The maximum absolute atomic E-state index is 5.16. The quantitative estimate of drug-likeness (QED) is 0.494.